The van der Waals surface area contributed by atoms with Crippen LogP contribution < -0.4 is 5.32 Å². The number of nitro groups is 1. The van der Waals surface area contributed by atoms with Gasteiger partial charge in [-0.3, -0.25) is 14.9 Å². The molecule has 6 nitrogen and oxygen atoms in total. The summed E-state index contributed by atoms with van der Waals surface area (Å²) in [7, 11) is 1.50. The molecule has 0 aliphatic rings. The number of methoxy groups -OCH3 is 1. The van der Waals surface area contributed by atoms with Crippen molar-refractivity contribution in [2.24, 2.45) is 0 Å². The van der Waals surface area contributed by atoms with E-state index >= 15 is 0 Å². The fourth-order valence-corrected chi connectivity index (χ4v) is 1.52. The van der Waals surface area contributed by atoms with E-state index in [9.17, 15) is 23.7 Å². The smallest absolute Gasteiger partial charge is 0.307 e. The van der Waals surface area contributed by atoms with E-state index in [0.29, 0.717) is 25.2 Å². The second-order valence-electron chi connectivity index (χ2n) is 4.20. The van der Waals surface area contributed by atoms with Gasteiger partial charge in [0.25, 0.3) is 5.91 Å². The van der Waals surface area contributed by atoms with Gasteiger partial charge in [0.2, 0.25) is 5.82 Å². The molecule has 110 valence electrons. The van der Waals surface area contributed by atoms with Gasteiger partial charge in [0.15, 0.2) is 0 Å². The normalized spacial score (nSPS) is 12.0. The van der Waals surface area contributed by atoms with Crippen LogP contribution in [0.25, 0.3) is 0 Å². The van der Waals surface area contributed by atoms with Gasteiger partial charge in [0, 0.05) is 19.8 Å². The van der Waals surface area contributed by atoms with Crippen molar-refractivity contribution >= 4 is 11.6 Å². The second kappa shape index (κ2) is 6.90. The van der Waals surface area contributed by atoms with Crippen LogP contribution in [0.3, 0.4) is 0 Å². The Morgan fingerprint density at radius 3 is 2.65 bits per heavy atom. The minimum atomic E-state index is -1.26. The number of carbonyl (C=O) groups is 1. The minimum Gasteiger partial charge on any atom is -0.385 e. The van der Waals surface area contributed by atoms with Crippen LogP contribution in [0, 0.1) is 21.7 Å². The molecule has 1 atom stereocenters. The number of benzene rings is 1. The van der Waals surface area contributed by atoms with Crippen molar-refractivity contribution in [2.45, 2.75) is 19.4 Å². The highest BCUT2D eigenvalue weighted by Gasteiger charge is 2.22. The monoisotopic (exact) mass is 288 g/mol. The molecule has 0 aliphatic carbocycles. The first-order valence-corrected chi connectivity index (χ1v) is 5.80. The van der Waals surface area contributed by atoms with Gasteiger partial charge in [-0.1, -0.05) is 0 Å². The number of amides is 1. The molecule has 0 bridgehead atoms. The van der Waals surface area contributed by atoms with Crippen molar-refractivity contribution in [1.29, 1.82) is 0 Å². The zero-order valence-electron chi connectivity index (χ0n) is 11.0. The zero-order chi connectivity index (χ0) is 15.3. The molecule has 0 saturated carbocycles. The third-order valence-corrected chi connectivity index (χ3v) is 2.61. The fraction of sp³-hybridized carbons (Fsp3) is 0.417. The summed E-state index contributed by atoms with van der Waals surface area (Å²) in [6, 6.07) is 0.607. The van der Waals surface area contributed by atoms with E-state index in [-0.39, 0.29) is 6.04 Å². The van der Waals surface area contributed by atoms with Gasteiger partial charge in [-0.05, 0) is 19.4 Å². The number of halogens is 2. The van der Waals surface area contributed by atoms with E-state index in [1.807, 2.05) is 0 Å². The summed E-state index contributed by atoms with van der Waals surface area (Å²) in [5.41, 5.74) is -1.58. The van der Waals surface area contributed by atoms with E-state index in [4.69, 9.17) is 4.74 Å². The molecular formula is C12H14F2N2O4. The summed E-state index contributed by atoms with van der Waals surface area (Å²) in [5.74, 6) is -3.24. The van der Waals surface area contributed by atoms with E-state index in [0.717, 1.165) is 0 Å². The van der Waals surface area contributed by atoms with E-state index in [1.54, 1.807) is 6.92 Å². The summed E-state index contributed by atoms with van der Waals surface area (Å²) >= 11 is 0. The first kappa shape index (κ1) is 16.0. The van der Waals surface area contributed by atoms with Gasteiger partial charge in [0.1, 0.15) is 5.82 Å². The molecule has 1 N–H and O–H groups in total. The summed E-state index contributed by atoms with van der Waals surface area (Å²) in [5, 5.41) is 12.9. The Hall–Kier alpha value is -2.09. The Morgan fingerprint density at radius 2 is 2.10 bits per heavy atom. The van der Waals surface area contributed by atoms with Crippen molar-refractivity contribution in [1.82, 2.24) is 5.32 Å². The van der Waals surface area contributed by atoms with Gasteiger partial charge >= 0.3 is 5.69 Å². The van der Waals surface area contributed by atoms with Crippen molar-refractivity contribution in [3.63, 3.8) is 0 Å². The quantitative estimate of drug-likeness (QED) is 0.641. The van der Waals surface area contributed by atoms with Crippen LogP contribution in [0.2, 0.25) is 0 Å². The first-order chi connectivity index (χ1) is 9.36. The first-order valence-electron chi connectivity index (χ1n) is 5.80. The van der Waals surface area contributed by atoms with Gasteiger partial charge in [0.05, 0.1) is 16.6 Å². The average Bonchev–Trinajstić information content (AvgIpc) is 2.38. The molecule has 0 spiro atoms. The lowest BCUT2D eigenvalue weighted by molar-refractivity contribution is -0.387. The van der Waals surface area contributed by atoms with Crippen LogP contribution in [0.4, 0.5) is 14.5 Å². The molecule has 1 amide bonds. The van der Waals surface area contributed by atoms with Crippen LogP contribution in [0.5, 0.6) is 0 Å². The maximum absolute atomic E-state index is 13.6. The number of nitro benzene ring substituents is 1. The number of rotatable bonds is 6. The number of nitrogens with zero attached hydrogens (tertiary/aromatic N) is 1. The summed E-state index contributed by atoms with van der Waals surface area (Å²) in [6.07, 6.45) is 0.499. The van der Waals surface area contributed by atoms with E-state index < -0.39 is 33.7 Å². The molecule has 20 heavy (non-hydrogen) atoms. The van der Waals surface area contributed by atoms with Crippen molar-refractivity contribution in [2.75, 3.05) is 13.7 Å². The number of hydrogen-bond acceptors (Lipinski definition) is 4. The number of hydrogen-bond donors (Lipinski definition) is 1. The number of carbonyl (C=O) groups excluding carboxylic acids is 1. The molecule has 0 fully saturated rings. The Morgan fingerprint density at radius 1 is 1.45 bits per heavy atom. The Labute approximate surface area is 113 Å². The lowest BCUT2D eigenvalue weighted by atomic mass is 10.1. The van der Waals surface area contributed by atoms with Crippen LogP contribution in [-0.4, -0.2) is 30.6 Å². The molecule has 1 aromatic carbocycles. The van der Waals surface area contributed by atoms with Gasteiger partial charge in [-0.15, -0.1) is 0 Å². The van der Waals surface area contributed by atoms with E-state index in [2.05, 4.69) is 5.32 Å². The summed E-state index contributed by atoms with van der Waals surface area (Å²) in [4.78, 5) is 21.1. The maximum atomic E-state index is 13.6. The molecule has 0 aliphatic heterocycles. The predicted octanol–water partition coefficient (Wildman–Crippen LogP) is 2.03. The third-order valence-electron chi connectivity index (χ3n) is 2.61. The lowest BCUT2D eigenvalue weighted by Crippen LogP contribution is -2.34. The molecule has 0 aromatic heterocycles. The zero-order valence-corrected chi connectivity index (χ0v) is 11.0. The highest BCUT2D eigenvalue weighted by Crippen LogP contribution is 2.21. The molecular weight excluding hydrogens is 274 g/mol. The average molecular weight is 288 g/mol. The van der Waals surface area contributed by atoms with Crippen LogP contribution in [-0.2, 0) is 4.74 Å². The summed E-state index contributed by atoms with van der Waals surface area (Å²) < 4.78 is 31.8. The highest BCUT2D eigenvalue weighted by atomic mass is 19.1. The SMILES string of the molecule is COCCC(C)NC(=O)c1cc(F)c([N+](=O)[O-])cc1F. The van der Waals surface area contributed by atoms with Gasteiger partial charge in [-0.25, -0.2) is 4.39 Å². The standard InChI is InChI=1S/C12H14F2N2O4/c1-7(3-4-20-2)15-12(17)8-5-10(14)11(16(18)19)6-9(8)13/h5-7H,3-4H2,1-2H3,(H,15,17). The predicted molar refractivity (Wildman–Crippen MR) is 66.4 cm³/mol. The molecule has 0 heterocycles. The Kier molecular flexibility index (Phi) is 5.51. The highest BCUT2D eigenvalue weighted by molar-refractivity contribution is 5.94. The fourth-order valence-electron chi connectivity index (χ4n) is 1.52. The van der Waals surface area contributed by atoms with Gasteiger partial charge in [-0.2, -0.15) is 4.39 Å². The third kappa shape index (κ3) is 3.95. The minimum absolute atomic E-state index is 0.305. The van der Waals surface area contributed by atoms with Gasteiger partial charge < -0.3 is 10.1 Å². The van der Waals surface area contributed by atoms with Crippen LogP contribution in [0.1, 0.15) is 23.7 Å². The lowest BCUT2D eigenvalue weighted by Gasteiger charge is -2.13. The number of nitrogens with one attached hydrogen (secondary N) is 1. The van der Waals surface area contributed by atoms with Crippen molar-refractivity contribution < 1.29 is 23.2 Å². The molecule has 1 rings (SSSR count). The maximum Gasteiger partial charge on any atom is 0.307 e. The van der Waals surface area contributed by atoms with E-state index in [1.165, 1.54) is 7.11 Å². The largest absolute Gasteiger partial charge is 0.385 e. The molecule has 8 heteroatoms. The molecule has 1 aromatic rings. The second-order valence-corrected chi connectivity index (χ2v) is 4.20. The van der Waals surface area contributed by atoms with Crippen LogP contribution >= 0.6 is 0 Å². The number of ether oxygens (including phenoxy) is 1. The topological polar surface area (TPSA) is 81.5 Å². The Balaban J connectivity index is 2.89. The molecule has 0 saturated heterocycles. The van der Waals surface area contributed by atoms with Crippen LogP contribution in [0.15, 0.2) is 12.1 Å². The Bertz CT molecular complexity index is 522. The van der Waals surface area contributed by atoms with Crippen molar-refractivity contribution in [3.05, 3.63) is 39.4 Å². The molecule has 1 unspecified atom stereocenters. The molecule has 0 radical (unpaired) electrons. The van der Waals surface area contributed by atoms with Crippen molar-refractivity contribution in [3.8, 4) is 0 Å². The summed E-state index contributed by atoms with van der Waals surface area (Å²) in [6.45, 7) is 2.08.